The summed E-state index contributed by atoms with van der Waals surface area (Å²) in [5.41, 5.74) is 5.88. The summed E-state index contributed by atoms with van der Waals surface area (Å²) in [4.78, 5) is 29.0. The Balaban J connectivity index is 1.38. The summed E-state index contributed by atoms with van der Waals surface area (Å²) < 4.78 is 0. The largest absolute Gasteiger partial charge is 0.349 e. The summed E-state index contributed by atoms with van der Waals surface area (Å²) in [6.07, 6.45) is 8.81. The minimum atomic E-state index is -0.160. The highest BCUT2D eigenvalue weighted by Gasteiger charge is 2.26. The molecule has 3 aromatic rings. The molecule has 0 saturated heterocycles. The third-order valence-corrected chi connectivity index (χ3v) is 7.15. The zero-order chi connectivity index (χ0) is 26.9. The first kappa shape index (κ1) is 26.1. The normalized spacial score (nSPS) is 17.2. The Morgan fingerprint density at radius 3 is 2.53 bits per heavy atom. The van der Waals surface area contributed by atoms with Gasteiger partial charge in [0.15, 0.2) is 0 Å². The number of hydrogen-bond donors (Lipinski definition) is 3. The second-order valence-corrected chi connectivity index (χ2v) is 12.0. The summed E-state index contributed by atoms with van der Waals surface area (Å²) in [6.45, 7) is 7.50. The van der Waals surface area contributed by atoms with Crippen LogP contribution in [-0.2, 0) is 18.3 Å². The molecule has 1 aromatic carbocycles. The van der Waals surface area contributed by atoms with Crippen LogP contribution in [0.15, 0.2) is 42.7 Å². The first-order valence-corrected chi connectivity index (χ1v) is 13.6. The van der Waals surface area contributed by atoms with Gasteiger partial charge in [-0.25, -0.2) is 4.98 Å². The average molecular weight is 514 g/mol. The van der Waals surface area contributed by atoms with Gasteiger partial charge in [-0.15, -0.1) is 0 Å². The van der Waals surface area contributed by atoms with E-state index in [9.17, 15) is 4.79 Å². The van der Waals surface area contributed by atoms with Gasteiger partial charge in [0, 0.05) is 47.5 Å². The highest BCUT2D eigenvalue weighted by Crippen LogP contribution is 2.30. The molecule has 8 heteroatoms. The van der Waals surface area contributed by atoms with Crippen LogP contribution in [0.4, 0.5) is 23.1 Å². The fourth-order valence-electron chi connectivity index (χ4n) is 4.96. The summed E-state index contributed by atoms with van der Waals surface area (Å²) in [5, 5.41) is 9.78. The third kappa shape index (κ3) is 6.48. The van der Waals surface area contributed by atoms with E-state index in [4.69, 9.17) is 4.98 Å². The molecule has 0 radical (unpaired) electrons. The minimum absolute atomic E-state index is 0.0960. The van der Waals surface area contributed by atoms with Crippen molar-refractivity contribution in [2.75, 3.05) is 31.3 Å². The van der Waals surface area contributed by atoms with Crippen molar-refractivity contribution in [1.82, 2.24) is 25.2 Å². The number of carbonyl (C=O) groups excluding carboxylic acids is 1. The van der Waals surface area contributed by atoms with Crippen molar-refractivity contribution in [3.8, 4) is 0 Å². The molecule has 8 nitrogen and oxygen atoms in total. The number of pyridine rings is 1. The number of carbonyl (C=O) groups is 1. The molecule has 3 N–H and O–H groups in total. The topological polar surface area (TPSA) is 95.1 Å². The lowest BCUT2D eigenvalue weighted by molar-refractivity contribution is 0.0951. The van der Waals surface area contributed by atoms with Gasteiger partial charge in [0.25, 0.3) is 5.91 Å². The Morgan fingerprint density at radius 2 is 1.79 bits per heavy atom. The summed E-state index contributed by atoms with van der Waals surface area (Å²) in [5.74, 6) is 1.46. The van der Waals surface area contributed by atoms with Crippen LogP contribution >= 0.6 is 0 Å². The van der Waals surface area contributed by atoms with E-state index < -0.39 is 0 Å². The Morgan fingerprint density at radius 1 is 1.00 bits per heavy atom. The molecule has 1 unspecified atom stereocenters. The van der Waals surface area contributed by atoms with Crippen LogP contribution in [0, 0.1) is 5.92 Å². The maximum Gasteiger partial charge on any atom is 0.256 e. The molecule has 1 saturated carbocycles. The molecule has 2 aliphatic rings. The second kappa shape index (κ2) is 10.7. The fraction of sp³-hybridized carbons (Fsp3) is 0.467. The fourth-order valence-corrected chi connectivity index (χ4v) is 4.96. The molecule has 2 heterocycles. The van der Waals surface area contributed by atoms with E-state index in [1.54, 1.807) is 12.4 Å². The smallest absolute Gasteiger partial charge is 0.256 e. The number of amides is 1. The molecule has 0 aliphatic heterocycles. The van der Waals surface area contributed by atoms with E-state index in [0.29, 0.717) is 23.2 Å². The Bertz CT molecular complexity index is 1310. The molecule has 1 amide bonds. The number of aromatic nitrogens is 3. The molecule has 5 rings (SSSR count). The first-order chi connectivity index (χ1) is 18.1. The van der Waals surface area contributed by atoms with Crippen LogP contribution in [0.3, 0.4) is 0 Å². The summed E-state index contributed by atoms with van der Waals surface area (Å²) in [6, 6.07) is 10.7. The molecular weight excluding hydrogens is 474 g/mol. The molecule has 0 spiro atoms. The maximum atomic E-state index is 13.0. The van der Waals surface area contributed by atoms with Crippen molar-refractivity contribution in [2.24, 2.45) is 5.92 Å². The maximum absolute atomic E-state index is 13.0. The van der Waals surface area contributed by atoms with E-state index in [1.807, 2.05) is 12.1 Å². The van der Waals surface area contributed by atoms with Gasteiger partial charge in [0.2, 0.25) is 5.95 Å². The number of aryl methyl sites for hydroxylation is 1. The standard InChI is InChI=1S/C30H39N7O/c1-30(2,3)26-16-24(12-13-31-26)33-27-25(28(38)34-22-10-11-22)17-32-29(36-27)35-23-9-8-20-14-19(18-37(4)5)6-7-21(20)15-23/h8-9,12-13,15-17,19,22H,6-7,10-11,14,18H2,1-5H3,(H,34,38)(H2,31,32,33,35,36). The van der Waals surface area contributed by atoms with E-state index >= 15 is 0 Å². The predicted molar refractivity (Wildman–Crippen MR) is 153 cm³/mol. The van der Waals surface area contributed by atoms with Gasteiger partial charge in [0.05, 0.1) is 0 Å². The van der Waals surface area contributed by atoms with Crippen molar-refractivity contribution < 1.29 is 4.79 Å². The van der Waals surface area contributed by atoms with Crippen molar-refractivity contribution in [3.63, 3.8) is 0 Å². The Labute approximate surface area is 225 Å². The van der Waals surface area contributed by atoms with Gasteiger partial charge in [-0.1, -0.05) is 26.8 Å². The van der Waals surface area contributed by atoms with Crippen molar-refractivity contribution in [3.05, 3.63) is 65.1 Å². The lowest BCUT2D eigenvalue weighted by atomic mass is 9.83. The van der Waals surface area contributed by atoms with Crippen LogP contribution in [0.2, 0.25) is 0 Å². The second-order valence-electron chi connectivity index (χ2n) is 12.0. The molecular formula is C30H39N7O. The van der Waals surface area contributed by atoms with E-state index in [0.717, 1.165) is 49.3 Å². The monoisotopic (exact) mass is 513 g/mol. The minimum Gasteiger partial charge on any atom is -0.349 e. The number of nitrogens with zero attached hydrogens (tertiary/aromatic N) is 4. The van der Waals surface area contributed by atoms with Crippen molar-refractivity contribution in [2.45, 2.75) is 64.3 Å². The quantitative estimate of drug-likeness (QED) is 0.380. The molecule has 38 heavy (non-hydrogen) atoms. The van der Waals surface area contributed by atoms with E-state index in [-0.39, 0.29) is 17.4 Å². The highest BCUT2D eigenvalue weighted by atomic mass is 16.1. The van der Waals surface area contributed by atoms with Crippen LogP contribution < -0.4 is 16.0 Å². The predicted octanol–water partition coefficient (Wildman–Crippen LogP) is 5.22. The molecule has 0 bridgehead atoms. The number of benzene rings is 1. The van der Waals surface area contributed by atoms with E-state index in [1.165, 1.54) is 17.5 Å². The van der Waals surface area contributed by atoms with Gasteiger partial charge in [-0.3, -0.25) is 9.78 Å². The first-order valence-electron chi connectivity index (χ1n) is 13.6. The van der Waals surface area contributed by atoms with E-state index in [2.05, 4.69) is 83.9 Å². The molecule has 2 aromatic heterocycles. The Kier molecular flexibility index (Phi) is 7.34. The van der Waals surface area contributed by atoms with Crippen molar-refractivity contribution in [1.29, 1.82) is 0 Å². The lowest BCUT2D eigenvalue weighted by Gasteiger charge is -2.27. The number of hydrogen-bond acceptors (Lipinski definition) is 7. The molecule has 1 atom stereocenters. The van der Waals surface area contributed by atoms with Gasteiger partial charge >= 0.3 is 0 Å². The summed E-state index contributed by atoms with van der Waals surface area (Å²) >= 11 is 0. The average Bonchev–Trinajstić information content (AvgIpc) is 3.67. The summed E-state index contributed by atoms with van der Waals surface area (Å²) in [7, 11) is 4.29. The lowest BCUT2D eigenvalue weighted by Crippen LogP contribution is -2.27. The Hall–Kier alpha value is -3.52. The van der Waals surface area contributed by atoms with Crippen LogP contribution in [0.1, 0.15) is 67.2 Å². The number of rotatable bonds is 8. The number of anilines is 4. The van der Waals surface area contributed by atoms with Crippen LogP contribution in [0.5, 0.6) is 0 Å². The van der Waals surface area contributed by atoms with Crippen LogP contribution in [0.25, 0.3) is 0 Å². The molecule has 2 aliphatic carbocycles. The number of nitrogens with one attached hydrogen (secondary N) is 3. The molecule has 200 valence electrons. The zero-order valence-corrected chi connectivity index (χ0v) is 23.1. The van der Waals surface area contributed by atoms with Gasteiger partial charge in [-0.2, -0.15) is 4.98 Å². The van der Waals surface area contributed by atoms with Gasteiger partial charge in [0.1, 0.15) is 11.4 Å². The SMILES string of the molecule is CN(C)CC1CCc2cc(Nc3ncc(C(=O)NC4CC4)c(Nc4ccnc(C(C)(C)C)c4)n3)ccc2C1. The molecule has 1 fully saturated rings. The van der Waals surface area contributed by atoms with Gasteiger partial charge in [-0.05, 0) is 87.5 Å². The van der Waals surface area contributed by atoms with Crippen molar-refractivity contribution >= 4 is 29.0 Å². The number of fused-ring (bicyclic) bond motifs is 1. The van der Waals surface area contributed by atoms with Crippen LogP contribution in [-0.4, -0.2) is 52.4 Å². The highest BCUT2D eigenvalue weighted by molar-refractivity contribution is 5.99. The third-order valence-electron chi connectivity index (χ3n) is 7.15. The zero-order valence-electron chi connectivity index (χ0n) is 23.1. The van der Waals surface area contributed by atoms with Gasteiger partial charge < -0.3 is 20.9 Å².